The highest BCUT2D eigenvalue weighted by atomic mass is 35.5. The number of likely N-dealkylation sites (N-methyl/N-ethyl adjacent to an activating group) is 1. The van der Waals surface area contributed by atoms with E-state index in [9.17, 15) is 9.59 Å². The third-order valence-electron chi connectivity index (χ3n) is 5.14. The number of nitrogens with one attached hydrogen (secondary N) is 2. The number of nitrogens with zero attached hydrogens (tertiary/aromatic N) is 1. The van der Waals surface area contributed by atoms with Crippen LogP contribution in [0.3, 0.4) is 0 Å². The minimum atomic E-state index is 0. The van der Waals surface area contributed by atoms with Gasteiger partial charge in [-0.1, -0.05) is 12.1 Å². The lowest BCUT2D eigenvalue weighted by Gasteiger charge is -2.28. The van der Waals surface area contributed by atoms with Gasteiger partial charge in [-0.05, 0) is 49.3 Å². The Labute approximate surface area is 155 Å². The molecule has 2 unspecified atom stereocenters. The van der Waals surface area contributed by atoms with Gasteiger partial charge in [-0.3, -0.25) is 9.59 Å². The number of piperidine rings is 1. The number of rotatable bonds is 5. The molecule has 2 bridgehead atoms. The molecule has 2 N–H and O–H groups in total. The number of hydrogen-bond donors (Lipinski definition) is 2. The molecule has 1 aromatic rings. The van der Waals surface area contributed by atoms with Crippen LogP contribution in [0.15, 0.2) is 24.3 Å². The van der Waals surface area contributed by atoms with Crippen LogP contribution < -0.4 is 10.6 Å². The maximum atomic E-state index is 12.3. The highest BCUT2D eigenvalue weighted by Crippen LogP contribution is 2.32. The van der Waals surface area contributed by atoms with E-state index in [2.05, 4.69) is 10.6 Å². The van der Waals surface area contributed by atoms with Gasteiger partial charge in [0, 0.05) is 38.3 Å². The Bertz CT molecular complexity index is 591. The molecule has 2 amide bonds. The summed E-state index contributed by atoms with van der Waals surface area (Å²) >= 11 is 0. The van der Waals surface area contributed by atoms with Crippen LogP contribution >= 0.6 is 12.4 Å². The van der Waals surface area contributed by atoms with Crippen molar-refractivity contribution in [3.8, 4) is 0 Å². The molecule has 0 aliphatic carbocycles. The Hall–Kier alpha value is -1.59. The summed E-state index contributed by atoms with van der Waals surface area (Å²) in [7, 11) is 3.51. The van der Waals surface area contributed by atoms with Crippen molar-refractivity contribution in [1.82, 2.24) is 10.2 Å². The molecule has 0 spiro atoms. The lowest BCUT2D eigenvalue weighted by molar-refractivity contribution is -0.128. The summed E-state index contributed by atoms with van der Waals surface area (Å²) < 4.78 is 0. The number of carbonyl (C=O) groups excluding carboxylic acids is 2. The van der Waals surface area contributed by atoms with Crippen LogP contribution in [-0.2, 0) is 16.0 Å². The first-order chi connectivity index (χ1) is 11.5. The lowest BCUT2D eigenvalue weighted by atomic mass is 9.89. The Balaban J connectivity index is 0.00000225. The first-order valence-electron chi connectivity index (χ1n) is 8.84. The maximum Gasteiger partial charge on any atom is 0.226 e. The quantitative estimate of drug-likeness (QED) is 0.843. The largest absolute Gasteiger partial charge is 0.349 e. The SMILES string of the molecule is CN(C)C(=O)Cc1ccc(NC(=O)CC2CC3CCC(C2)N3)cc1.Cl. The smallest absolute Gasteiger partial charge is 0.226 e. The molecule has 0 radical (unpaired) electrons. The molecule has 2 aliphatic rings. The summed E-state index contributed by atoms with van der Waals surface area (Å²) in [5, 5.41) is 6.60. The second-order valence-corrected chi connectivity index (χ2v) is 7.39. The Morgan fingerprint density at radius 3 is 2.28 bits per heavy atom. The topological polar surface area (TPSA) is 61.4 Å². The van der Waals surface area contributed by atoms with Crippen molar-refractivity contribution in [3.05, 3.63) is 29.8 Å². The molecule has 138 valence electrons. The van der Waals surface area contributed by atoms with Crippen LogP contribution in [0.25, 0.3) is 0 Å². The van der Waals surface area contributed by atoms with Crippen molar-refractivity contribution in [1.29, 1.82) is 0 Å². The van der Waals surface area contributed by atoms with Gasteiger partial charge in [-0.25, -0.2) is 0 Å². The minimum Gasteiger partial charge on any atom is -0.349 e. The van der Waals surface area contributed by atoms with Gasteiger partial charge in [0.05, 0.1) is 6.42 Å². The van der Waals surface area contributed by atoms with Crippen molar-refractivity contribution < 1.29 is 9.59 Å². The second-order valence-electron chi connectivity index (χ2n) is 7.39. The standard InChI is InChI=1S/C19H27N3O2.ClH/c1-22(2)19(24)12-13-3-5-15(6-4-13)21-18(23)11-14-9-16-7-8-17(10-14)20-16;/h3-6,14,16-17,20H,7-12H2,1-2H3,(H,21,23);1H. The highest BCUT2D eigenvalue weighted by Gasteiger charge is 2.34. The molecular weight excluding hydrogens is 338 g/mol. The monoisotopic (exact) mass is 365 g/mol. The summed E-state index contributed by atoms with van der Waals surface area (Å²) in [6, 6.07) is 8.80. The van der Waals surface area contributed by atoms with Gasteiger partial charge in [0.15, 0.2) is 0 Å². The fraction of sp³-hybridized carbons (Fsp3) is 0.579. The van der Waals surface area contributed by atoms with Gasteiger partial charge in [0.2, 0.25) is 11.8 Å². The molecule has 2 heterocycles. The average Bonchev–Trinajstić information content (AvgIpc) is 2.87. The van der Waals surface area contributed by atoms with E-state index >= 15 is 0 Å². The molecule has 6 heteroatoms. The van der Waals surface area contributed by atoms with Crippen molar-refractivity contribution in [2.24, 2.45) is 5.92 Å². The summed E-state index contributed by atoms with van der Waals surface area (Å²) in [6.45, 7) is 0. The Morgan fingerprint density at radius 2 is 1.72 bits per heavy atom. The molecule has 25 heavy (non-hydrogen) atoms. The molecule has 5 nitrogen and oxygen atoms in total. The highest BCUT2D eigenvalue weighted by molar-refractivity contribution is 5.91. The Morgan fingerprint density at radius 1 is 1.12 bits per heavy atom. The molecule has 1 aromatic carbocycles. The zero-order valence-corrected chi connectivity index (χ0v) is 15.8. The molecule has 2 saturated heterocycles. The van der Waals surface area contributed by atoms with Gasteiger partial charge in [0.25, 0.3) is 0 Å². The van der Waals surface area contributed by atoms with Crippen LogP contribution in [0.1, 0.15) is 37.7 Å². The molecule has 2 fully saturated rings. The third-order valence-corrected chi connectivity index (χ3v) is 5.14. The van der Waals surface area contributed by atoms with Crippen molar-refractivity contribution >= 4 is 29.9 Å². The van der Waals surface area contributed by atoms with E-state index in [4.69, 9.17) is 0 Å². The molecule has 2 aliphatic heterocycles. The fourth-order valence-corrected chi connectivity index (χ4v) is 3.85. The van der Waals surface area contributed by atoms with Crippen LogP contribution in [0, 0.1) is 5.92 Å². The van der Waals surface area contributed by atoms with E-state index in [-0.39, 0.29) is 24.2 Å². The van der Waals surface area contributed by atoms with Crippen LogP contribution in [0.2, 0.25) is 0 Å². The summed E-state index contributed by atoms with van der Waals surface area (Å²) in [4.78, 5) is 25.6. The molecular formula is C19H28ClN3O2. The molecule has 0 aromatic heterocycles. The number of fused-ring (bicyclic) bond motifs is 2. The molecule has 0 saturated carbocycles. The van der Waals surface area contributed by atoms with Gasteiger partial charge in [0.1, 0.15) is 0 Å². The van der Waals surface area contributed by atoms with Crippen molar-refractivity contribution in [2.75, 3.05) is 19.4 Å². The van der Waals surface area contributed by atoms with Crippen LogP contribution in [0.5, 0.6) is 0 Å². The number of benzene rings is 1. The fourth-order valence-electron chi connectivity index (χ4n) is 3.85. The van der Waals surface area contributed by atoms with Crippen molar-refractivity contribution in [2.45, 2.75) is 50.6 Å². The van der Waals surface area contributed by atoms with E-state index < -0.39 is 0 Å². The minimum absolute atomic E-state index is 0. The predicted molar refractivity (Wildman–Crippen MR) is 102 cm³/mol. The van der Waals surface area contributed by atoms with E-state index in [1.165, 1.54) is 12.8 Å². The second kappa shape index (κ2) is 8.68. The van der Waals surface area contributed by atoms with E-state index in [1.54, 1.807) is 19.0 Å². The average molecular weight is 366 g/mol. The number of hydrogen-bond acceptors (Lipinski definition) is 3. The number of halogens is 1. The molecule has 2 atom stereocenters. The zero-order valence-electron chi connectivity index (χ0n) is 15.0. The van der Waals surface area contributed by atoms with Crippen LogP contribution in [0.4, 0.5) is 5.69 Å². The zero-order chi connectivity index (χ0) is 17.1. The van der Waals surface area contributed by atoms with Crippen molar-refractivity contribution in [3.63, 3.8) is 0 Å². The first-order valence-corrected chi connectivity index (χ1v) is 8.84. The van der Waals surface area contributed by atoms with E-state index in [0.29, 0.717) is 30.8 Å². The van der Waals surface area contributed by atoms with Crippen LogP contribution in [-0.4, -0.2) is 42.9 Å². The number of carbonyl (C=O) groups is 2. The first kappa shape index (κ1) is 19.7. The maximum absolute atomic E-state index is 12.3. The van der Waals surface area contributed by atoms with E-state index in [0.717, 1.165) is 24.1 Å². The van der Waals surface area contributed by atoms with E-state index in [1.807, 2.05) is 24.3 Å². The summed E-state index contributed by atoms with van der Waals surface area (Å²) in [5.41, 5.74) is 1.76. The molecule has 3 rings (SSSR count). The summed E-state index contributed by atoms with van der Waals surface area (Å²) in [5.74, 6) is 0.673. The predicted octanol–water partition coefficient (Wildman–Crippen LogP) is 2.60. The number of amides is 2. The lowest BCUT2D eigenvalue weighted by Crippen LogP contribution is -2.39. The van der Waals surface area contributed by atoms with Gasteiger partial charge >= 0.3 is 0 Å². The van der Waals surface area contributed by atoms with Gasteiger partial charge in [-0.15, -0.1) is 12.4 Å². The van der Waals surface area contributed by atoms with Gasteiger partial charge < -0.3 is 15.5 Å². The third kappa shape index (κ3) is 5.44. The number of anilines is 1. The van der Waals surface area contributed by atoms with Gasteiger partial charge in [-0.2, -0.15) is 0 Å². The normalized spacial score (nSPS) is 24.3. The summed E-state index contributed by atoms with van der Waals surface area (Å²) in [6.07, 6.45) is 5.76. The Kier molecular flexibility index (Phi) is 6.85.